The Balaban J connectivity index is 2.52. The summed E-state index contributed by atoms with van der Waals surface area (Å²) in [4.78, 5) is 3.60. The van der Waals surface area contributed by atoms with Crippen molar-refractivity contribution in [1.82, 2.24) is 14.4 Å². The van der Waals surface area contributed by atoms with Crippen LogP contribution < -0.4 is 9.44 Å². The first kappa shape index (κ1) is 14.8. The van der Waals surface area contributed by atoms with Gasteiger partial charge in [-0.2, -0.15) is 0 Å². The summed E-state index contributed by atoms with van der Waals surface area (Å²) >= 11 is 6.33. The first-order valence-corrected chi connectivity index (χ1v) is 8.83. The zero-order chi connectivity index (χ0) is 13.1. The van der Waals surface area contributed by atoms with Gasteiger partial charge in [0.2, 0.25) is 10.0 Å². The Morgan fingerprint density at radius 1 is 1.29 bits per heavy atom. The largest absolute Gasteiger partial charge is 0.251 e. The minimum absolute atomic E-state index is 0.0122. The van der Waals surface area contributed by atoms with Crippen molar-refractivity contribution in [3.05, 3.63) is 10.7 Å². The van der Waals surface area contributed by atoms with E-state index < -0.39 is 20.0 Å². The van der Waals surface area contributed by atoms with Crippen LogP contribution in [0.3, 0.4) is 0 Å². The summed E-state index contributed by atoms with van der Waals surface area (Å²) in [5.41, 5.74) is 0. The minimum Gasteiger partial charge on any atom is -0.232 e. The van der Waals surface area contributed by atoms with Crippen LogP contribution in [-0.4, -0.2) is 41.2 Å². The van der Waals surface area contributed by atoms with E-state index in [-0.39, 0.29) is 21.8 Å². The van der Waals surface area contributed by atoms with E-state index in [1.54, 1.807) is 0 Å². The third kappa shape index (κ3) is 5.27. The maximum absolute atomic E-state index is 11.6. The first-order valence-electron chi connectivity index (χ1n) is 4.26. The van der Waals surface area contributed by atoms with Gasteiger partial charge in [0.1, 0.15) is 0 Å². The molecule has 11 heteroatoms. The van der Waals surface area contributed by atoms with Gasteiger partial charge in [-0.05, 0) is 0 Å². The molecule has 2 N–H and O–H groups in total. The molecule has 0 atom stereocenters. The Labute approximate surface area is 108 Å². The molecule has 1 aromatic heterocycles. The molecular formula is C6H10ClN3O4S3. The molecule has 0 saturated carbocycles. The maximum atomic E-state index is 11.6. The molecule has 1 heterocycles. The van der Waals surface area contributed by atoms with Gasteiger partial charge >= 0.3 is 0 Å². The van der Waals surface area contributed by atoms with Crippen molar-refractivity contribution in [2.75, 3.05) is 19.3 Å². The van der Waals surface area contributed by atoms with E-state index in [1.165, 1.54) is 0 Å². The average molecular weight is 320 g/mol. The molecule has 0 unspecified atom stereocenters. The molecule has 0 saturated heterocycles. The second-order valence-electron chi connectivity index (χ2n) is 3.00. The summed E-state index contributed by atoms with van der Waals surface area (Å²) in [6.45, 7) is -0.0739. The highest BCUT2D eigenvalue weighted by atomic mass is 35.5. The molecule has 1 aromatic rings. The number of aromatic nitrogens is 1. The van der Waals surface area contributed by atoms with Gasteiger partial charge in [0.25, 0.3) is 10.0 Å². The Bertz CT molecular complexity index is 579. The summed E-state index contributed by atoms with van der Waals surface area (Å²) in [6.07, 6.45) is 2.13. The van der Waals surface area contributed by atoms with Gasteiger partial charge < -0.3 is 0 Å². The van der Waals surface area contributed by atoms with Crippen molar-refractivity contribution in [1.29, 1.82) is 0 Å². The van der Waals surface area contributed by atoms with Crippen LogP contribution in [0.5, 0.6) is 0 Å². The van der Waals surface area contributed by atoms with E-state index in [2.05, 4.69) is 14.4 Å². The van der Waals surface area contributed by atoms with Crippen LogP contribution >= 0.6 is 22.9 Å². The fraction of sp³-hybridized carbons (Fsp3) is 0.500. The monoisotopic (exact) mass is 319 g/mol. The van der Waals surface area contributed by atoms with E-state index in [9.17, 15) is 16.8 Å². The van der Waals surface area contributed by atoms with E-state index in [4.69, 9.17) is 11.6 Å². The van der Waals surface area contributed by atoms with Crippen molar-refractivity contribution in [2.24, 2.45) is 0 Å². The SMILES string of the molecule is CS(=O)(=O)NCCNS(=O)(=O)c1cnc(Cl)s1. The number of hydrogen-bond donors (Lipinski definition) is 2. The highest BCUT2D eigenvalue weighted by Crippen LogP contribution is 2.21. The van der Waals surface area contributed by atoms with Gasteiger partial charge in [-0.25, -0.2) is 31.3 Å². The average Bonchev–Trinajstić information content (AvgIpc) is 2.59. The molecule has 1 rings (SSSR count). The zero-order valence-electron chi connectivity index (χ0n) is 8.67. The van der Waals surface area contributed by atoms with E-state index in [1.807, 2.05) is 0 Å². The summed E-state index contributed by atoms with van der Waals surface area (Å²) in [7, 11) is -6.99. The summed E-state index contributed by atoms with van der Waals surface area (Å²) in [5, 5.41) is 0. The molecule has 0 aliphatic heterocycles. The molecule has 0 fully saturated rings. The van der Waals surface area contributed by atoms with Crippen LogP contribution in [0.1, 0.15) is 0 Å². The molecule has 0 amide bonds. The lowest BCUT2D eigenvalue weighted by molar-refractivity contribution is 0.574. The van der Waals surface area contributed by atoms with Crippen molar-refractivity contribution in [3.8, 4) is 0 Å². The van der Waals surface area contributed by atoms with Gasteiger partial charge in [0.05, 0.1) is 12.5 Å². The number of nitrogens with one attached hydrogen (secondary N) is 2. The second-order valence-corrected chi connectivity index (χ2v) is 8.44. The second kappa shape index (κ2) is 5.59. The highest BCUT2D eigenvalue weighted by Gasteiger charge is 2.16. The molecule has 0 spiro atoms. The van der Waals surface area contributed by atoms with Crippen molar-refractivity contribution >= 4 is 43.0 Å². The quantitative estimate of drug-likeness (QED) is 0.696. The number of rotatable bonds is 6. The summed E-state index contributed by atoms with van der Waals surface area (Å²) in [6, 6.07) is 0. The van der Waals surface area contributed by atoms with Gasteiger partial charge in [0, 0.05) is 13.1 Å². The highest BCUT2D eigenvalue weighted by molar-refractivity contribution is 7.91. The number of nitrogens with zero attached hydrogens (tertiary/aromatic N) is 1. The smallest absolute Gasteiger partial charge is 0.232 e. The van der Waals surface area contributed by atoms with Crippen LogP contribution in [0.25, 0.3) is 0 Å². The number of hydrogen-bond acceptors (Lipinski definition) is 6. The van der Waals surface area contributed by atoms with Crippen molar-refractivity contribution in [2.45, 2.75) is 4.21 Å². The molecule has 0 aromatic carbocycles. The normalized spacial score (nSPS) is 12.8. The van der Waals surface area contributed by atoms with Gasteiger partial charge in [-0.15, -0.1) is 0 Å². The minimum atomic E-state index is -3.67. The van der Waals surface area contributed by atoms with Crippen molar-refractivity contribution in [3.63, 3.8) is 0 Å². The van der Waals surface area contributed by atoms with Crippen molar-refractivity contribution < 1.29 is 16.8 Å². The van der Waals surface area contributed by atoms with Crippen LogP contribution in [0.4, 0.5) is 0 Å². The standard InChI is InChI=1S/C6H10ClN3O4S3/c1-16(11,12)9-2-3-10-17(13,14)5-4-8-6(7)15-5/h4,9-10H,2-3H2,1H3. The molecule has 0 aliphatic rings. The molecule has 0 radical (unpaired) electrons. The van der Waals surface area contributed by atoms with E-state index >= 15 is 0 Å². The fourth-order valence-electron chi connectivity index (χ4n) is 0.856. The molecule has 17 heavy (non-hydrogen) atoms. The molecule has 98 valence electrons. The van der Waals surface area contributed by atoms with Crippen LogP contribution in [0.15, 0.2) is 10.4 Å². The zero-order valence-corrected chi connectivity index (χ0v) is 11.9. The number of thiazole rings is 1. The van der Waals surface area contributed by atoms with Crippen LogP contribution in [-0.2, 0) is 20.0 Å². The third-order valence-corrected chi connectivity index (χ3v) is 5.27. The molecule has 0 bridgehead atoms. The van der Waals surface area contributed by atoms with Gasteiger partial charge in [-0.1, -0.05) is 22.9 Å². The molecule has 0 aliphatic carbocycles. The predicted molar refractivity (Wildman–Crippen MR) is 65.2 cm³/mol. The summed E-state index contributed by atoms with van der Waals surface area (Å²) in [5.74, 6) is 0. The third-order valence-electron chi connectivity index (χ3n) is 1.50. The number of sulfonamides is 2. The van der Waals surface area contributed by atoms with Crippen LogP contribution in [0, 0.1) is 0 Å². The topological polar surface area (TPSA) is 105 Å². The Morgan fingerprint density at radius 2 is 1.88 bits per heavy atom. The Morgan fingerprint density at radius 3 is 2.35 bits per heavy atom. The van der Waals surface area contributed by atoms with E-state index in [0.29, 0.717) is 0 Å². The Kier molecular flexibility index (Phi) is 4.86. The Hall–Kier alpha value is -0.260. The maximum Gasteiger partial charge on any atom is 0.251 e. The van der Waals surface area contributed by atoms with E-state index in [0.717, 1.165) is 23.8 Å². The fourth-order valence-corrected chi connectivity index (χ4v) is 3.70. The lowest BCUT2D eigenvalue weighted by atomic mass is 10.7. The van der Waals surface area contributed by atoms with Gasteiger partial charge in [0.15, 0.2) is 8.68 Å². The number of halogens is 1. The first-order chi connectivity index (χ1) is 7.71. The lowest BCUT2D eigenvalue weighted by Gasteiger charge is -2.04. The molecule has 7 nitrogen and oxygen atoms in total. The lowest BCUT2D eigenvalue weighted by Crippen LogP contribution is -2.33. The predicted octanol–water partition coefficient (Wildman–Crippen LogP) is -0.376. The summed E-state index contributed by atoms with van der Waals surface area (Å²) < 4.78 is 49.1. The van der Waals surface area contributed by atoms with Crippen LogP contribution in [0.2, 0.25) is 4.47 Å². The molecular weight excluding hydrogens is 310 g/mol. The van der Waals surface area contributed by atoms with Gasteiger partial charge in [-0.3, -0.25) is 0 Å².